The fraction of sp³-hybridized carbons (Fsp3) is 0.545. The van der Waals surface area contributed by atoms with Gasteiger partial charge in [-0.3, -0.25) is 10.1 Å². The molecule has 160 valence electrons. The lowest BCUT2D eigenvalue weighted by molar-refractivity contribution is 0.683. The molecule has 1 atom stereocenters. The Bertz CT molecular complexity index is 766. The van der Waals surface area contributed by atoms with Gasteiger partial charge in [-0.05, 0) is 69.7 Å². The molecule has 1 aliphatic heterocycles. The molecule has 29 heavy (non-hydrogen) atoms. The van der Waals surface area contributed by atoms with Gasteiger partial charge >= 0.3 is 0 Å². The van der Waals surface area contributed by atoms with E-state index in [2.05, 4.69) is 70.8 Å². The first kappa shape index (κ1) is 23.5. The smallest absolute Gasteiger partial charge is 0.191 e. The summed E-state index contributed by atoms with van der Waals surface area (Å²) in [7, 11) is 0. The maximum Gasteiger partial charge on any atom is 0.191 e. The molecule has 2 heterocycles. The first-order valence-corrected chi connectivity index (χ1v) is 10.6. The molecule has 1 saturated heterocycles. The molecule has 6 nitrogen and oxygen atoms in total. The molecule has 0 amide bonds. The van der Waals surface area contributed by atoms with Crippen LogP contribution in [0.3, 0.4) is 0 Å². The number of hydrogen-bond acceptors (Lipinski definition) is 3. The third kappa shape index (κ3) is 6.90. The monoisotopic (exact) mass is 510 g/mol. The predicted molar refractivity (Wildman–Crippen MR) is 132 cm³/mol. The van der Waals surface area contributed by atoms with Crippen molar-refractivity contribution in [2.45, 2.75) is 52.5 Å². The topological polar surface area (TPSA) is 68.3 Å². The van der Waals surface area contributed by atoms with E-state index in [1.807, 2.05) is 6.20 Å². The van der Waals surface area contributed by atoms with Gasteiger partial charge in [-0.25, -0.2) is 0 Å². The van der Waals surface area contributed by atoms with Gasteiger partial charge in [-0.2, -0.15) is 5.10 Å². The van der Waals surface area contributed by atoms with Crippen LogP contribution in [0.4, 0.5) is 5.69 Å². The second-order valence-electron chi connectivity index (χ2n) is 7.54. The van der Waals surface area contributed by atoms with Gasteiger partial charge in [0.1, 0.15) is 0 Å². The molecule has 7 heteroatoms. The van der Waals surface area contributed by atoms with Gasteiger partial charge in [-0.1, -0.05) is 12.1 Å². The molecule has 0 aliphatic carbocycles. The van der Waals surface area contributed by atoms with Crippen molar-refractivity contribution in [1.29, 1.82) is 0 Å². The molecule has 1 aromatic carbocycles. The Morgan fingerprint density at radius 2 is 2.10 bits per heavy atom. The van der Waals surface area contributed by atoms with E-state index >= 15 is 0 Å². The number of guanidine groups is 1. The van der Waals surface area contributed by atoms with Crippen LogP contribution in [0.2, 0.25) is 0 Å². The van der Waals surface area contributed by atoms with Crippen molar-refractivity contribution >= 4 is 35.6 Å². The maximum absolute atomic E-state index is 4.76. The van der Waals surface area contributed by atoms with E-state index in [-0.39, 0.29) is 30.0 Å². The fourth-order valence-corrected chi connectivity index (χ4v) is 3.66. The molecule has 3 rings (SSSR count). The number of nitrogens with zero attached hydrogens (tertiary/aromatic N) is 3. The van der Waals surface area contributed by atoms with Gasteiger partial charge in [0.15, 0.2) is 5.96 Å². The van der Waals surface area contributed by atoms with Crippen LogP contribution < -0.4 is 15.5 Å². The van der Waals surface area contributed by atoms with Crippen molar-refractivity contribution in [3.63, 3.8) is 0 Å². The summed E-state index contributed by atoms with van der Waals surface area (Å²) in [5, 5.41) is 14.0. The number of aliphatic imine (C=N–C) groups is 1. The highest BCUT2D eigenvalue weighted by molar-refractivity contribution is 14.0. The van der Waals surface area contributed by atoms with Crippen LogP contribution in [-0.4, -0.2) is 42.3 Å². The number of anilines is 1. The van der Waals surface area contributed by atoms with Crippen LogP contribution in [0.1, 0.15) is 56.0 Å². The first-order valence-electron chi connectivity index (χ1n) is 10.6. The second-order valence-corrected chi connectivity index (χ2v) is 7.54. The van der Waals surface area contributed by atoms with Crippen molar-refractivity contribution in [2.24, 2.45) is 4.99 Å². The van der Waals surface area contributed by atoms with E-state index in [0.29, 0.717) is 0 Å². The summed E-state index contributed by atoms with van der Waals surface area (Å²) in [4.78, 5) is 7.24. The standard InChI is InChI=1S/C22H34N6.HI/c1-4-23-22(24-12-8-10-20-16-25-27-18(20)3)26-17(2)19-9-7-11-21(15-19)28-13-5-6-14-28;/h7,9,11,15-17H,4-6,8,10,12-14H2,1-3H3,(H,25,27)(H2,23,24,26);1H. The number of hydrogen-bond donors (Lipinski definition) is 3. The number of rotatable bonds is 8. The average molecular weight is 510 g/mol. The fourth-order valence-electron chi connectivity index (χ4n) is 3.66. The molecule has 3 N–H and O–H groups in total. The molecular formula is C22H35IN6. The number of aromatic nitrogens is 2. The molecule has 0 radical (unpaired) electrons. The van der Waals surface area contributed by atoms with Gasteiger partial charge < -0.3 is 15.5 Å². The average Bonchev–Trinajstić information content (AvgIpc) is 3.37. The molecule has 1 aliphatic rings. The van der Waals surface area contributed by atoms with Crippen molar-refractivity contribution < 1.29 is 0 Å². The zero-order valence-corrected chi connectivity index (χ0v) is 20.2. The van der Waals surface area contributed by atoms with Crippen LogP contribution in [0.5, 0.6) is 0 Å². The quantitative estimate of drug-likeness (QED) is 0.216. The minimum atomic E-state index is 0. The third-order valence-electron chi connectivity index (χ3n) is 5.35. The molecule has 1 aromatic heterocycles. The van der Waals surface area contributed by atoms with Crippen LogP contribution in [0.25, 0.3) is 0 Å². The number of aryl methyl sites for hydroxylation is 2. The number of halogens is 1. The molecule has 2 aromatic rings. The highest BCUT2D eigenvalue weighted by Crippen LogP contribution is 2.23. The van der Waals surface area contributed by atoms with Crippen molar-refractivity contribution in [1.82, 2.24) is 20.8 Å². The normalized spacial score (nSPS) is 15.1. The Morgan fingerprint density at radius 1 is 1.31 bits per heavy atom. The van der Waals surface area contributed by atoms with Crippen molar-refractivity contribution in [2.75, 3.05) is 31.1 Å². The van der Waals surface area contributed by atoms with Gasteiger partial charge in [0, 0.05) is 37.6 Å². The van der Waals surface area contributed by atoms with E-state index in [4.69, 9.17) is 4.99 Å². The Kier molecular flexibility index (Phi) is 9.76. The molecule has 1 fully saturated rings. The summed E-state index contributed by atoms with van der Waals surface area (Å²) >= 11 is 0. The van der Waals surface area contributed by atoms with Crippen LogP contribution >= 0.6 is 24.0 Å². The summed E-state index contributed by atoms with van der Waals surface area (Å²) < 4.78 is 0. The zero-order valence-electron chi connectivity index (χ0n) is 17.9. The lowest BCUT2D eigenvalue weighted by atomic mass is 10.1. The summed E-state index contributed by atoms with van der Waals surface area (Å²) in [5.74, 6) is 0.880. The first-order chi connectivity index (χ1) is 13.7. The van der Waals surface area contributed by atoms with E-state index in [1.165, 1.54) is 42.7 Å². The highest BCUT2D eigenvalue weighted by Gasteiger charge is 2.14. The summed E-state index contributed by atoms with van der Waals surface area (Å²) in [6, 6.07) is 9.10. The number of nitrogens with one attached hydrogen (secondary N) is 3. The Hall–Kier alpha value is -1.77. The van der Waals surface area contributed by atoms with E-state index in [9.17, 15) is 0 Å². The number of benzene rings is 1. The molecule has 0 saturated carbocycles. The Balaban J connectivity index is 0.00000300. The number of H-pyrrole nitrogens is 1. The predicted octanol–water partition coefficient (Wildman–Crippen LogP) is 4.19. The van der Waals surface area contributed by atoms with Crippen molar-refractivity contribution in [3.8, 4) is 0 Å². The Labute approximate surface area is 192 Å². The van der Waals surface area contributed by atoms with Crippen LogP contribution in [-0.2, 0) is 6.42 Å². The summed E-state index contributed by atoms with van der Waals surface area (Å²) in [5.41, 5.74) is 5.06. The van der Waals surface area contributed by atoms with Gasteiger partial charge in [0.05, 0.1) is 12.2 Å². The molecule has 1 unspecified atom stereocenters. The second kappa shape index (κ2) is 12.0. The maximum atomic E-state index is 4.76. The largest absolute Gasteiger partial charge is 0.372 e. The van der Waals surface area contributed by atoms with E-state index < -0.39 is 0 Å². The van der Waals surface area contributed by atoms with E-state index in [0.717, 1.165) is 37.6 Å². The van der Waals surface area contributed by atoms with Crippen LogP contribution in [0.15, 0.2) is 35.5 Å². The Morgan fingerprint density at radius 3 is 2.79 bits per heavy atom. The van der Waals surface area contributed by atoms with Crippen LogP contribution in [0, 0.1) is 6.92 Å². The molecular weight excluding hydrogens is 475 g/mol. The molecule has 0 spiro atoms. The lowest BCUT2D eigenvalue weighted by Gasteiger charge is -2.22. The summed E-state index contributed by atoms with van der Waals surface area (Å²) in [6.07, 6.45) is 6.52. The van der Waals surface area contributed by atoms with Gasteiger partial charge in [-0.15, -0.1) is 24.0 Å². The third-order valence-corrected chi connectivity index (χ3v) is 5.35. The SMILES string of the molecule is CCNC(=NCCCc1cn[nH]c1C)NC(C)c1cccc(N2CCCC2)c1.I. The molecule has 0 bridgehead atoms. The summed E-state index contributed by atoms with van der Waals surface area (Å²) in [6.45, 7) is 10.4. The van der Waals surface area contributed by atoms with Gasteiger partial charge in [0.25, 0.3) is 0 Å². The van der Waals surface area contributed by atoms with E-state index in [1.54, 1.807) is 0 Å². The minimum Gasteiger partial charge on any atom is -0.372 e. The minimum absolute atomic E-state index is 0. The van der Waals surface area contributed by atoms with Crippen molar-refractivity contribution in [3.05, 3.63) is 47.3 Å². The number of aromatic amines is 1. The lowest BCUT2D eigenvalue weighted by Crippen LogP contribution is -2.38. The zero-order chi connectivity index (χ0) is 19.8. The van der Waals surface area contributed by atoms with Gasteiger partial charge in [0.2, 0.25) is 0 Å². The highest BCUT2D eigenvalue weighted by atomic mass is 127.